The van der Waals surface area contributed by atoms with Gasteiger partial charge in [0.1, 0.15) is 15.6 Å². The fourth-order valence-corrected chi connectivity index (χ4v) is 3.90. The molecule has 1 heterocycles. The fourth-order valence-electron chi connectivity index (χ4n) is 3.48. The van der Waals surface area contributed by atoms with Crippen molar-refractivity contribution >= 4 is 15.8 Å². The number of ether oxygens (including phenoxy) is 2. The van der Waals surface area contributed by atoms with Gasteiger partial charge in [0.2, 0.25) is 0 Å². The van der Waals surface area contributed by atoms with Gasteiger partial charge in [-0.2, -0.15) is 0 Å². The molecule has 1 aromatic rings. The first-order chi connectivity index (χ1) is 14.4. The lowest BCUT2D eigenvalue weighted by atomic mass is 10.0. The fraction of sp³-hybridized carbons (Fsp3) is 0.667. The van der Waals surface area contributed by atoms with Gasteiger partial charge in [-0.1, -0.05) is 18.6 Å². The summed E-state index contributed by atoms with van der Waals surface area (Å²) in [5.74, 6) is 1.61. The van der Waals surface area contributed by atoms with Gasteiger partial charge < -0.3 is 20.1 Å². The van der Waals surface area contributed by atoms with E-state index in [1.165, 1.54) is 31.1 Å². The summed E-state index contributed by atoms with van der Waals surface area (Å²) in [4.78, 5) is 6.82. The van der Waals surface area contributed by atoms with Crippen molar-refractivity contribution in [1.29, 1.82) is 0 Å². The Labute approximate surface area is 181 Å². The first-order valence-corrected chi connectivity index (χ1v) is 12.6. The molecule has 0 radical (unpaired) electrons. The molecule has 30 heavy (non-hydrogen) atoms. The Kier molecular flexibility index (Phi) is 10.4. The van der Waals surface area contributed by atoms with E-state index in [1.54, 1.807) is 14.2 Å². The van der Waals surface area contributed by atoms with E-state index in [9.17, 15) is 8.42 Å². The van der Waals surface area contributed by atoms with Crippen LogP contribution in [0.2, 0.25) is 0 Å². The molecule has 0 aromatic heterocycles. The zero-order valence-corrected chi connectivity index (χ0v) is 19.2. The molecule has 1 aliphatic heterocycles. The van der Waals surface area contributed by atoms with Crippen LogP contribution >= 0.6 is 0 Å². The van der Waals surface area contributed by atoms with E-state index in [0.717, 1.165) is 25.4 Å². The summed E-state index contributed by atoms with van der Waals surface area (Å²) in [6.45, 7) is 4.11. The standard InChI is InChI=1S/C21H36N4O4S/c1-22-21(23-11-14-29-15-16-30(3,26)27)24-17-20(25-12-5-4-6-13-25)18-7-9-19(28-2)10-8-18/h7-10,20H,4-6,11-17H2,1-3H3,(H2,22,23,24). The first kappa shape index (κ1) is 24.4. The third-order valence-electron chi connectivity index (χ3n) is 5.16. The molecule has 9 heteroatoms. The summed E-state index contributed by atoms with van der Waals surface area (Å²) < 4.78 is 32.9. The van der Waals surface area contributed by atoms with Crippen molar-refractivity contribution in [2.75, 3.05) is 65.6 Å². The van der Waals surface area contributed by atoms with E-state index in [2.05, 4.69) is 32.7 Å². The zero-order chi connectivity index (χ0) is 21.8. The van der Waals surface area contributed by atoms with Crippen molar-refractivity contribution < 1.29 is 17.9 Å². The van der Waals surface area contributed by atoms with E-state index in [1.807, 2.05) is 12.1 Å². The molecule has 0 bridgehead atoms. The van der Waals surface area contributed by atoms with Gasteiger partial charge in [0.15, 0.2) is 5.96 Å². The van der Waals surface area contributed by atoms with Crippen LogP contribution < -0.4 is 15.4 Å². The quantitative estimate of drug-likeness (QED) is 0.306. The maximum Gasteiger partial charge on any atom is 0.191 e. The smallest absolute Gasteiger partial charge is 0.191 e. The lowest BCUT2D eigenvalue weighted by Gasteiger charge is -2.35. The van der Waals surface area contributed by atoms with E-state index >= 15 is 0 Å². The van der Waals surface area contributed by atoms with Crippen molar-refractivity contribution in [2.45, 2.75) is 25.3 Å². The molecular weight excluding hydrogens is 404 g/mol. The molecule has 0 saturated carbocycles. The lowest BCUT2D eigenvalue weighted by molar-refractivity contribution is 0.153. The van der Waals surface area contributed by atoms with Gasteiger partial charge in [0.25, 0.3) is 0 Å². The molecule has 170 valence electrons. The average Bonchev–Trinajstić information content (AvgIpc) is 2.75. The van der Waals surface area contributed by atoms with Crippen LogP contribution in [0.25, 0.3) is 0 Å². The molecule has 2 N–H and O–H groups in total. The third-order valence-corrected chi connectivity index (χ3v) is 6.06. The number of sulfone groups is 1. The molecule has 1 atom stereocenters. The molecular formula is C21H36N4O4S. The number of hydrogen-bond donors (Lipinski definition) is 2. The second-order valence-electron chi connectivity index (χ2n) is 7.51. The molecule has 1 aliphatic rings. The normalized spacial score (nSPS) is 16.8. The Morgan fingerprint density at radius 3 is 2.43 bits per heavy atom. The van der Waals surface area contributed by atoms with Crippen LogP contribution in [0, 0.1) is 0 Å². The van der Waals surface area contributed by atoms with Crippen molar-refractivity contribution in [3.8, 4) is 5.75 Å². The number of hydrogen-bond acceptors (Lipinski definition) is 6. The SMILES string of the molecule is CN=C(NCCOCCS(C)(=O)=O)NCC(c1ccc(OC)cc1)N1CCCCC1. The Bertz CT molecular complexity index is 747. The van der Waals surface area contributed by atoms with Crippen LogP contribution in [-0.2, 0) is 14.6 Å². The molecule has 1 saturated heterocycles. The summed E-state index contributed by atoms with van der Waals surface area (Å²) in [5.41, 5.74) is 1.25. The van der Waals surface area contributed by atoms with Crippen LogP contribution in [0.15, 0.2) is 29.3 Å². The third kappa shape index (κ3) is 8.89. The highest BCUT2D eigenvalue weighted by molar-refractivity contribution is 7.90. The van der Waals surface area contributed by atoms with Crippen LogP contribution in [-0.4, -0.2) is 84.8 Å². The maximum absolute atomic E-state index is 11.1. The minimum atomic E-state index is -2.99. The monoisotopic (exact) mass is 440 g/mol. The number of methoxy groups -OCH3 is 1. The van der Waals surface area contributed by atoms with Gasteiger partial charge in [0, 0.05) is 26.4 Å². The zero-order valence-electron chi connectivity index (χ0n) is 18.4. The van der Waals surface area contributed by atoms with Gasteiger partial charge in [-0.3, -0.25) is 9.89 Å². The Balaban J connectivity index is 1.86. The van der Waals surface area contributed by atoms with Gasteiger partial charge in [-0.15, -0.1) is 0 Å². The van der Waals surface area contributed by atoms with Gasteiger partial charge >= 0.3 is 0 Å². The number of guanidine groups is 1. The minimum absolute atomic E-state index is 0.0410. The predicted molar refractivity (Wildman–Crippen MR) is 121 cm³/mol. The number of rotatable bonds is 11. The molecule has 0 spiro atoms. The van der Waals surface area contributed by atoms with E-state index < -0.39 is 9.84 Å². The first-order valence-electron chi connectivity index (χ1n) is 10.5. The highest BCUT2D eigenvalue weighted by Crippen LogP contribution is 2.25. The van der Waals surface area contributed by atoms with E-state index in [-0.39, 0.29) is 18.4 Å². The average molecular weight is 441 g/mol. The summed E-state index contributed by atoms with van der Waals surface area (Å²) in [6, 6.07) is 8.53. The summed E-state index contributed by atoms with van der Waals surface area (Å²) in [7, 11) is 0.433. The highest BCUT2D eigenvalue weighted by atomic mass is 32.2. The summed E-state index contributed by atoms with van der Waals surface area (Å²) in [5, 5.41) is 6.64. The van der Waals surface area contributed by atoms with Crippen molar-refractivity contribution in [3.63, 3.8) is 0 Å². The molecule has 1 fully saturated rings. The molecule has 0 aliphatic carbocycles. The second kappa shape index (κ2) is 12.8. The van der Waals surface area contributed by atoms with Crippen LogP contribution in [0.3, 0.4) is 0 Å². The number of likely N-dealkylation sites (tertiary alicyclic amines) is 1. The molecule has 0 amide bonds. The van der Waals surface area contributed by atoms with Gasteiger partial charge in [-0.25, -0.2) is 8.42 Å². The van der Waals surface area contributed by atoms with Crippen LogP contribution in [0.5, 0.6) is 5.75 Å². The van der Waals surface area contributed by atoms with E-state index in [4.69, 9.17) is 9.47 Å². The van der Waals surface area contributed by atoms with Gasteiger partial charge in [0.05, 0.1) is 32.1 Å². The van der Waals surface area contributed by atoms with Crippen molar-refractivity contribution in [2.24, 2.45) is 4.99 Å². The predicted octanol–water partition coefficient (Wildman–Crippen LogP) is 1.45. The largest absolute Gasteiger partial charge is 0.497 e. The van der Waals surface area contributed by atoms with Crippen molar-refractivity contribution in [1.82, 2.24) is 15.5 Å². The lowest BCUT2D eigenvalue weighted by Crippen LogP contribution is -2.45. The number of nitrogens with zero attached hydrogens (tertiary/aromatic N) is 2. The highest BCUT2D eigenvalue weighted by Gasteiger charge is 2.22. The number of benzene rings is 1. The maximum atomic E-state index is 11.1. The number of piperidine rings is 1. The topological polar surface area (TPSA) is 92.3 Å². The Morgan fingerprint density at radius 1 is 1.13 bits per heavy atom. The molecule has 1 unspecified atom stereocenters. The molecule has 2 rings (SSSR count). The molecule has 8 nitrogen and oxygen atoms in total. The van der Waals surface area contributed by atoms with E-state index in [0.29, 0.717) is 19.1 Å². The summed E-state index contributed by atoms with van der Waals surface area (Å²) >= 11 is 0. The Morgan fingerprint density at radius 2 is 1.83 bits per heavy atom. The van der Waals surface area contributed by atoms with Crippen LogP contribution in [0.1, 0.15) is 30.9 Å². The van der Waals surface area contributed by atoms with Crippen molar-refractivity contribution in [3.05, 3.63) is 29.8 Å². The number of nitrogens with one attached hydrogen (secondary N) is 2. The Hall–Kier alpha value is -1.84. The molecule has 1 aromatic carbocycles. The second-order valence-corrected chi connectivity index (χ2v) is 9.77. The minimum Gasteiger partial charge on any atom is -0.497 e. The summed E-state index contributed by atoms with van der Waals surface area (Å²) in [6.07, 6.45) is 4.96. The van der Waals surface area contributed by atoms with Gasteiger partial charge in [-0.05, 0) is 43.6 Å². The van der Waals surface area contributed by atoms with Crippen LogP contribution in [0.4, 0.5) is 0 Å². The number of aliphatic imine (C=N–C) groups is 1.